The van der Waals surface area contributed by atoms with Crippen LogP contribution in [0.25, 0.3) is 10.9 Å². The van der Waals surface area contributed by atoms with Gasteiger partial charge in [-0.25, -0.2) is 0 Å². The fourth-order valence-electron chi connectivity index (χ4n) is 3.49. The molecule has 0 aliphatic heterocycles. The molecule has 1 aromatic heterocycles. The lowest BCUT2D eigenvalue weighted by atomic mass is 9.93. The molecule has 2 nitrogen and oxygen atoms in total. The molecule has 1 aromatic carbocycles. The average Bonchev–Trinajstić information content (AvgIpc) is 2.71. The minimum atomic E-state index is 0.726. The number of aryl methyl sites for hydroxylation is 3. The number of nitrogens with zero attached hydrogens (tertiary/aromatic N) is 1. The Morgan fingerprint density at radius 3 is 2.61 bits per heavy atom. The summed E-state index contributed by atoms with van der Waals surface area (Å²) in [6, 6.07) is 4.51. The Bertz CT molecular complexity index is 593. The van der Waals surface area contributed by atoms with Gasteiger partial charge in [-0.2, -0.15) is 0 Å². The summed E-state index contributed by atoms with van der Waals surface area (Å²) in [6.45, 7) is 6.14. The molecule has 0 amide bonds. The maximum atomic E-state index is 5.81. The highest BCUT2D eigenvalue weighted by Crippen LogP contribution is 2.35. The van der Waals surface area contributed by atoms with Gasteiger partial charge < -0.3 is 10.3 Å². The van der Waals surface area contributed by atoms with Crippen molar-refractivity contribution < 1.29 is 0 Å². The van der Waals surface area contributed by atoms with E-state index in [2.05, 4.69) is 30.5 Å². The number of benzene rings is 1. The van der Waals surface area contributed by atoms with Gasteiger partial charge in [0.2, 0.25) is 0 Å². The summed E-state index contributed by atoms with van der Waals surface area (Å²) in [5.41, 5.74) is 13.2. The molecule has 0 spiro atoms. The predicted octanol–water partition coefficient (Wildman–Crippen LogP) is 3.10. The molecule has 1 aliphatic carbocycles. The second kappa shape index (κ2) is 4.43. The zero-order chi connectivity index (χ0) is 12.7. The first-order chi connectivity index (χ1) is 8.74. The fraction of sp³-hybridized carbons (Fsp3) is 0.500. The molecular formula is C16H22N2. The van der Waals surface area contributed by atoms with Crippen LogP contribution in [0.1, 0.15) is 35.2 Å². The molecule has 1 heterocycles. The Labute approximate surface area is 109 Å². The summed E-state index contributed by atoms with van der Waals surface area (Å²) in [7, 11) is 0. The normalized spacial score (nSPS) is 15.1. The summed E-state index contributed by atoms with van der Waals surface area (Å²) in [4.78, 5) is 0. The topological polar surface area (TPSA) is 30.9 Å². The summed E-state index contributed by atoms with van der Waals surface area (Å²) in [5, 5.41) is 1.51. The Kier molecular flexibility index (Phi) is 2.90. The van der Waals surface area contributed by atoms with Crippen LogP contribution in [0.15, 0.2) is 12.1 Å². The third-order valence-electron chi connectivity index (χ3n) is 4.28. The van der Waals surface area contributed by atoms with E-state index < -0.39 is 0 Å². The number of hydrogen-bond donors (Lipinski definition) is 1. The lowest BCUT2D eigenvalue weighted by Gasteiger charge is -2.15. The average molecular weight is 242 g/mol. The molecule has 2 aromatic rings. The van der Waals surface area contributed by atoms with E-state index in [9.17, 15) is 0 Å². The van der Waals surface area contributed by atoms with Crippen molar-refractivity contribution in [3.8, 4) is 0 Å². The van der Waals surface area contributed by atoms with Gasteiger partial charge in [-0.3, -0.25) is 0 Å². The van der Waals surface area contributed by atoms with Gasteiger partial charge in [0.25, 0.3) is 0 Å². The van der Waals surface area contributed by atoms with Crippen molar-refractivity contribution in [1.29, 1.82) is 0 Å². The van der Waals surface area contributed by atoms with Gasteiger partial charge in [0.1, 0.15) is 0 Å². The lowest BCUT2D eigenvalue weighted by Crippen LogP contribution is -2.14. The predicted molar refractivity (Wildman–Crippen MR) is 77.1 cm³/mol. The zero-order valence-electron chi connectivity index (χ0n) is 11.4. The minimum Gasteiger partial charge on any atom is -0.343 e. The monoisotopic (exact) mass is 242 g/mol. The molecule has 0 bridgehead atoms. The maximum Gasteiger partial charge on any atom is 0.0518 e. The molecule has 96 valence electrons. The van der Waals surface area contributed by atoms with E-state index in [4.69, 9.17) is 5.73 Å². The van der Waals surface area contributed by atoms with Gasteiger partial charge in [-0.05, 0) is 56.2 Å². The fourth-order valence-corrected chi connectivity index (χ4v) is 3.49. The molecule has 0 atom stereocenters. The smallest absolute Gasteiger partial charge is 0.0518 e. The molecule has 2 heteroatoms. The van der Waals surface area contributed by atoms with Crippen molar-refractivity contribution in [3.05, 3.63) is 34.5 Å². The van der Waals surface area contributed by atoms with Crippen molar-refractivity contribution in [3.63, 3.8) is 0 Å². The molecule has 2 N–H and O–H groups in total. The second-order valence-electron chi connectivity index (χ2n) is 5.50. The van der Waals surface area contributed by atoms with Crippen LogP contribution in [-0.4, -0.2) is 11.1 Å². The van der Waals surface area contributed by atoms with Crippen LogP contribution in [0.2, 0.25) is 0 Å². The largest absolute Gasteiger partial charge is 0.343 e. The van der Waals surface area contributed by atoms with E-state index in [1.165, 1.54) is 47.7 Å². The molecule has 18 heavy (non-hydrogen) atoms. The standard InChI is InChI=1S/C16H22N2/c1-11-7-8-12(2)16-15(11)13-5-3-4-6-14(13)18(16)10-9-17/h7-8H,3-6,9-10,17H2,1-2H3. The van der Waals surface area contributed by atoms with Crippen LogP contribution in [0, 0.1) is 13.8 Å². The van der Waals surface area contributed by atoms with Gasteiger partial charge >= 0.3 is 0 Å². The van der Waals surface area contributed by atoms with E-state index in [0.29, 0.717) is 0 Å². The highest BCUT2D eigenvalue weighted by Gasteiger charge is 2.21. The Balaban J connectivity index is 2.39. The van der Waals surface area contributed by atoms with Crippen molar-refractivity contribution in [2.24, 2.45) is 5.73 Å². The van der Waals surface area contributed by atoms with Crippen molar-refractivity contribution >= 4 is 10.9 Å². The van der Waals surface area contributed by atoms with Crippen LogP contribution in [0.4, 0.5) is 0 Å². The molecule has 1 aliphatic rings. The van der Waals surface area contributed by atoms with Gasteiger partial charge in [-0.1, -0.05) is 12.1 Å². The molecule has 0 fully saturated rings. The second-order valence-corrected chi connectivity index (χ2v) is 5.50. The summed E-state index contributed by atoms with van der Waals surface area (Å²) < 4.78 is 2.49. The van der Waals surface area contributed by atoms with Crippen LogP contribution < -0.4 is 5.73 Å². The van der Waals surface area contributed by atoms with Crippen molar-refractivity contribution in [2.75, 3.05) is 6.54 Å². The van der Waals surface area contributed by atoms with Gasteiger partial charge in [0.15, 0.2) is 0 Å². The van der Waals surface area contributed by atoms with E-state index in [1.807, 2.05) is 0 Å². The Morgan fingerprint density at radius 1 is 1.11 bits per heavy atom. The quantitative estimate of drug-likeness (QED) is 0.862. The molecule has 0 saturated carbocycles. The number of rotatable bonds is 2. The summed E-state index contributed by atoms with van der Waals surface area (Å²) >= 11 is 0. The van der Waals surface area contributed by atoms with Gasteiger partial charge in [0.05, 0.1) is 5.52 Å². The van der Waals surface area contributed by atoms with Crippen molar-refractivity contribution in [2.45, 2.75) is 46.1 Å². The first-order valence-corrected chi connectivity index (χ1v) is 7.04. The number of aromatic nitrogens is 1. The maximum absolute atomic E-state index is 5.81. The zero-order valence-corrected chi connectivity index (χ0v) is 11.4. The third kappa shape index (κ3) is 1.59. The van der Waals surface area contributed by atoms with Crippen LogP contribution >= 0.6 is 0 Å². The summed E-state index contributed by atoms with van der Waals surface area (Å²) in [6.07, 6.45) is 5.13. The third-order valence-corrected chi connectivity index (χ3v) is 4.28. The van der Waals surface area contributed by atoms with E-state index in [-0.39, 0.29) is 0 Å². The minimum absolute atomic E-state index is 0.726. The number of nitrogens with two attached hydrogens (primary N) is 1. The van der Waals surface area contributed by atoms with E-state index >= 15 is 0 Å². The molecule has 0 saturated heterocycles. The van der Waals surface area contributed by atoms with Crippen LogP contribution in [0.3, 0.4) is 0 Å². The Morgan fingerprint density at radius 2 is 1.83 bits per heavy atom. The highest BCUT2D eigenvalue weighted by atomic mass is 15.0. The molecular weight excluding hydrogens is 220 g/mol. The van der Waals surface area contributed by atoms with Gasteiger partial charge in [0, 0.05) is 24.2 Å². The summed E-state index contributed by atoms with van der Waals surface area (Å²) in [5.74, 6) is 0. The van der Waals surface area contributed by atoms with Crippen molar-refractivity contribution in [1.82, 2.24) is 4.57 Å². The van der Waals surface area contributed by atoms with Crippen LogP contribution in [-0.2, 0) is 19.4 Å². The first-order valence-electron chi connectivity index (χ1n) is 7.04. The highest BCUT2D eigenvalue weighted by molar-refractivity contribution is 5.91. The molecule has 3 rings (SSSR count). The lowest BCUT2D eigenvalue weighted by molar-refractivity contribution is 0.617. The van der Waals surface area contributed by atoms with Crippen LogP contribution in [0.5, 0.6) is 0 Å². The number of fused-ring (bicyclic) bond motifs is 3. The first kappa shape index (κ1) is 11.8. The molecule has 0 radical (unpaired) electrons. The Hall–Kier alpha value is -1.28. The SMILES string of the molecule is Cc1ccc(C)c2c1c1c(n2CCN)CCCC1. The van der Waals surface area contributed by atoms with E-state index in [1.54, 1.807) is 11.3 Å². The van der Waals surface area contributed by atoms with E-state index in [0.717, 1.165) is 13.1 Å². The molecule has 0 unspecified atom stereocenters. The van der Waals surface area contributed by atoms with Gasteiger partial charge in [-0.15, -0.1) is 0 Å². The number of hydrogen-bond acceptors (Lipinski definition) is 1.